The van der Waals surface area contributed by atoms with Gasteiger partial charge in [-0.3, -0.25) is 4.79 Å². The maximum absolute atomic E-state index is 12.7. The van der Waals surface area contributed by atoms with Crippen LogP contribution < -0.4 is 10.2 Å². The molecule has 1 atom stereocenters. The van der Waals surface area contributed by atoms with E-state index in [9.17, 15) is 4.79 Å². The summed E-state index contributed by atoms with van der Waals surface area (Å²) in [6.45, 7) is 5.97. The summed E-state index contributed by atoms with van der Waals surface area (Å²) in [6.07, 6.45) is 3.77. The molecule has 1 unspecified atom stereocenters. The topological polar surface area (TPSA) is 84.2 Å². The number of nitrogens with zero attached hydrogens (tertiary/aromatic N) is 4. The summed E-state index contributed by atoms with van der Waals surface area (Å²) in [5.74, 6) is 1.57. The highest BCUT2D eigenvalue weighted by molar-refractivity contribution is 5.88. The van der Waals surface area contributed by atoms with E-state index in [1.807, 2.05) is 32.0 Å². The van der Waals surface area contributed by atoms with E-state index < -0.39 is 0 Å². The quantitative estimate of drug-likeness (QED) is 0.648. The number of carbonyl (C=O) groups is 1. The maximum atomic E-state index is 12.7. The van der Waals surface area contributed by atoms with Crippen LogP contribution in [0.25, 0.3) is 11.1 Å². The Balaban J connectivity index is 1.37. The molecule has 1 aliphatic rings. The smallest absolute Gasteiger partial charge is 0.263 e. The molecule has 0 aliphatic carbocycles. The highest BCUT2D eigenvalue weighted by Gasteiger charge is 2.28. The molecule has 3 aromatic rings. The lowest BCUT2D eigenvalue weighted by Gasteiger charge is -2.33. The molecule has 152 valence electrons. The van der Waals surface area contributed by atoms with Gasteiger partial charge in [0.2, 0.25) is 5.91 Å². The number of fused-ring (bicyclic) bond motifs is 1. The Morgan fingerprint density at radius 1 is 1.24 bits per heavy atom. The van der Waals surface area contributed by atoms with Crippen molar-refractivity contribution in [1.82, 2.24) is 20.4 Å². The second-order valence-electron chi connectivity index (χ2n) is 7.71. The molecule has 4 rings (SSSR count). The Bertz CT molecular complexity index is 986. The zero-order valence-corrected chi connectivity index (χ0v) is 17.0. The summed E-state index contributed by atoms with van der Waals surface area (Å²) in [5, 5.41) is 8.01. The average molecular weight is 393 g/mol. The molecule has 3 heterocycles. The number of aromatic nitrogens is 3. The number of rotatable bonds is 6. The maximum Gasteiger partial charge on any atom is 0.263 e. The molecule has 0 bridgehead atoms. The van der Waals surface area contributed by atoms with Crippen LogP contribution in [0.2, 0.25) is 0 Å². The largest absolute Gasteiger partial charge is 0.356 e. The van der Waals surface area contributed by atoms with Crippen LogP contribution >= 0.6 is 0 Å². The average Bonchev–Trinajstić information content (AvgIpc) is 3.11. The van der Waals surface area contributed by atoms with Gasteiger partial charge >= 0.3 is 0 Å². The van der Waals surface area contributed by atoms with Gasteiger partial charge < -0.3 is 14.7 Å². The summed E-state index contributed by atoms with van der Waals surface area (Å²) in [4.78, 5) is 23.9. The monoisotopic (exact) mass is 393 g/mol. The second kappa shape index (κ2) is 8.59. The molecular weight excluding hydrogens is 366 g/mol. The standard InChI is InChI=1S/C22H27N5O2/c1-15-19-20(24-16(2)25-22(19)29-26-15)27-13-7-11-18(14-27)21(28)23-12-6-10-17-8-4-3-5-9-17/h3-5,8-9,18H,6-7,10-14H2,1-2H3,(H,23,28). The minimum atomic E-state index is -0.0361. The third kappa shape index (κ3) is 4.39. The van der Waals surface area contributed by atoms with Gasteiger partial charge in [-0.2, -0.15) is 4.98 Å². The molecule has 1 N–H and O–H groups in total. The summed E-state index contributed by atoms with van der Waals surface area (Å²) in [7, 11) is 0. The van der Waals surface area contributed by atoms with Crippen molar-refractivity contribution < 1.29 is 9.32 Å². The van der Waals surface area contributed by atoms with E-state index in [1.165, 1.54) is 5.56 Å². The van der Waals surface area contributed by atoms with E-state index in [0.29, 0.717) is 24.6 Å². The van der Waals surface area contributed by atoms with Gasteiger partial charge in [-0.25, -0.2) is 4.98 Å². The number of hydrogen-bond acceptors (Lipinski definition) is 6. The predicted octanol–water partition coefficient (Wildman–Crippen LogP) is 3.20. The van der Waals surface area contributed by atoms with Crippen LogP contribution in [0, 0.1) is 19.8 Å². The lowest BCUT2D eigenvalue weighted by molar-refractivity contribution is -0.125. The summed E-state index contributed by atoms with van der Waals surface area (Å²) >= 11 is 0. The first kappa shape index (κ1) is 19.4. The molecule has 1 amide bonds. The van der Waals surface area contributed by atoms with E-state index in [2.05, 4.69) is 37.5 Å². The van der Waals surface area contributed by atoms with Crippen molar-refractivity contribution >= 4 is 22.8 Å². The number of carbonyl (C=O) groups excluding carboxylic acids is 1. The van der Waals surface area contributed by atoms with Crippen LogP contribution in [0.4, 0.5) is 5.82 Å². The molecule has 7 heteroatoms. The van der Waals surface area contributed by atoms with Gasteiger partial charge in [0.1, 0.15) is 17.0 Å². The number of piperidine rings is 1. The number of aryl methyl sites for hydroxylation is 3. The van der Waals surface area contributed by atoms with E-state index >= 15 is 0 Å². The second-order valence-corrected chi connectivity index (χ2v) is 7.71. The molecule has 0 saturated carbocycles. The molecule has 1 aliphatic heterocycles. The Labute approximate surface area is 170 Å². The molecular formula is C22H27N5O2. The van der Waals surface area contributed by atoms with Crippen LogP contribution in [0.15, 0.2) is 34.9 Å². The Morgan fingerprint density at radius 2 is 2.07 bits per heavy atom. The normalized spacial score (nSPS) is 16.9. The number of anilines is 1. The van der Waals surface area contributed by atoms with Gasteiger partial charge in [-0.15, -0.1) is 0 Å². The Hall–Kier alpha value is -2.96. The van der Waals surface area contributed by atoms with E-state index in [-0.39, 0.29) is 11.8 Å². The minimum Gasteiger partial charge on any atom is -0.356 e. The summed E-state index contributed by atoms with van der Waals surface area (Å²) < 4.78 is 5.33. The van der Waals surface area contributed by atoms with Crippen molar-refractivity contribution in [2.75, 3.05) is 24.5 Å². The fourth-order valence-corrected chi connectivity index (χ4v) is 3.98. The van der Waals surface area contributed by atoms with Gasteiger partial charge in [0, 0.05) is 19.6 Å². The van der Waals surface area contributed by atoms with Crippen LogP contribution in [0.1, 0.15) is 36.3 Å². The zero-order valence-electron chi connectivity index (χ0n) is 17.0. The minimum absolute atomic E-state index is 0.0361. The molecule has 7 nitrogen and oxygen atoms in total. The molecule has 1 fully saturated rings. The van der Waals surface area contributed by atoms with Crippen LogP contribution in [0.5, 0.6) is 0 Å². The number of hydrogen-bond donors (Lipinski definition) is 1. The van der Waals surface area contributed by atoms with Crippen molar-refractivity contribution in [3.05, 3.63) is 47.4 Å². The predicted molar refractivity (Wildman–Crippen MR) is 112 cm³/mol. The summed E-state index contributed by atoms with van der Waals surface area (Å²) in [5.41, 5.74) is 2.60. The lowest BCUT2D eigenvalue weighted by atomic mass is 9.96. The van der Waals surface area contributed by atoms with Gasteiger partial charge in [-0.1, -0.05) is 35.5 Å². The molecule has 0 radical (unpaired) electrons. The highest BCUT2D eigenvalue weighted by Crippen LogP contribution is 2.30. The van der Waals surface area contributed by atoms with Crippen molar-refractivity contribution in [2.24, 2.45) is 5.92 Å². The SMILES string of the molecule is Cc1nc(N2CCCC(C(=O)NCCCc3ccccc3)C2)c2c(C)noc2n1. The van der Waals surface area contributed by atoms with Crippen LogP contribution in [-0.2, 0) is 11.2 Å². The van der Waals surface area contributed by atoms with Crippen molar-refractivity contribution in [1.29, 1.82) is 0 Å². The van der Waals surface area contributed by atoms with Crippen molar-refractivity contribution in [3.8, 4) is 0 Å². The van der Waals surface area contributed by atoms with Crippen molar-refractivity contribution in [3.63, 3.8) is 0 Å². The molecule has 0 spiro atoms. The van der Waals surface area contributed by atoms with E-state index in [4.69, 9.17) is 4.52 Å². The van der Waals surface area contributed by atoms with Gasteiger partial charge in [0.25, 0.3) is 5.71 Å². The molecule has 29 heavy (non-hydrogen) atoms. The molecule has 1 saturated heterocycles. The number of amides is 1. The number of benzene rings is 1. The summed E-state index contributed by atoms with van der Waals surface area (Å²) in [6, 6.07) is 10.4. The third-order valence-corrected chi connectivity index (χ3v) is 5.48. The highest BCUT2D eigenvalue weighted by atomic mass is 16.5. The van der Waals surface area contributed by atoms with Gasteiger partial charge in [-0.05, 0) is 45.1 Å². The third-order valence-electron chi connectivity index (χ3n) is 5.48. The fraction of sp³-hybridized carbons (Fsp3) is 0.455. The van der Waals surface area contributed by atoms with Crippen LogP contribution in [-0.4, -0.2) is 40.7 Å². The van der Waals surface area contributed by atoms with Crippen LogP contribution in [0.3, 0.4) is 0 Å². The molecule has 1 aromatic carbocycles. The Kier molecular flexibility index (Phi) is 5.74. The first-order valence-corrected chi connectivity index (χ1v) is 10.3. The molecule has 2 aromatic heterocycles. The van der Waals surface area contributed by atoms with Gasteiger partial charge in [0.05, 0.1) is 11.6 Å². The van der Waals surface area contributed by atoms with Gasteiger partial charge in [0.15, 0.2) is 0 Å². The number of nitrogens with one attached hydrogen (secondary N) is 1. The van der Waals surface area contributed by atoms with Crippen molar-refractivity contribution in [2.45, 2.75) is 39.5 Å². The Morgan fingerprint density at radius 3 is 2.90 bits per heavy atom. The first-order chi connectivity index (χ1) is 14.1. The fourth-order valence-electron chi connectivity index (χ4n) is 3.98. The lowest BCUT2D eigenvalue weighted by Crippen LogP contribution is -2.43. The van der Waals surface area contributed by atoms with E-state index in [0.717, 1.165) is 49.1 Å². The zero-order chi connectivity index (χ0) is 20.2. The first-order valence-electron chi connectivity index (χ1n) is 10.3. The van der Waals surface area contributed by atoms with E-state index in [1.54, 1.807) is 0 Å².